The molecule has 2 N–H and O–H groups in total. The van der Waals surface area contributed by atoms with Gasteiger partial charge in [0, 0.05) is 15.1 Å². The molecule has 0 saturated heterocycles. The minimum atomic E-state index is -1.41. The smallest absolute Gasteiger partial charge is 0.159 e. The number of aromatic nitrogens is 3. The molecule has 1 aromatic carbocycles. The van der Waals surface area contributed by atoms with Crippen molar-refractivity contribution in [2.45, 2.75) is 18.9 Å². The standard InChI is InChI=1S/C13H11BrClN3O/c1-2-5-13(19,7-12-16-8-17-18-12)10-4-3-9(14)6-11(10)15/h3-4,6,8,19H,7H2,1H3,(H,16,17,18). The van der Waals surface area contributed by atoms with Crippen LogP contribution in [-0.2, 0) is 12.0 Å². The fourth-order valence-electron chi connectivity index (χ4n) is 1.79. The average Bonchev–Trinajstić information content (AvgIpc) is 2.81. The van der Waals surface area contributed by atoms with Gasteiger partial charge in [0.2, 0.25) is 0 Å². The highest BCUT2D eigenvalue weighted by Crippen LogP contribution is 2.32. The number of aromatic amines is 1. The van der Waals surface area contributed by atoms with E-state index in [1.807, 2.05) is 6.07 Å². The van der Waals surface area contributed by atoms with Crippen LogP contribution in [0.1, 0.15) is 18.3 Å². The third kappa shape index (κ3) is 3.16. The highest BCUT2D eigenvalue weighted by molar-refractivity contribution is 9.10. The highest BCUT2D eigenvalue weighted by atomic mass is 79.9. The van der Waals surface area contributed by atoms with Crippen molar-refractivity contribution in [2.75, 3.05) is 0 Å². The van der Waals surface area contributed by atoms with Gasteiger partial charge in [-0.3, -0.25) is 5.10 Å². The van der Waals surface area contributed by atoms with Gasteiger partial charge >= 0.3 is 0 Å². The molecule has 0 fully saturated rings. The quantitative estimate of drug-likeness (QED) is 0.845. The molecule has 19 heavy (non-hydrogen) atoms. The normalized spacial score (nSPS) is 13.5. The predicted molar refractivity (Wildman–Crippen MR) is 76.6 cm³/mol. The number of halogens is 2. The molecule has 1 heterocycles. The average molecular weight is 341 g/mol. The molecule has 6 heteroatoms. The zero-order valence-corrected chi connectivity index (χ0v) is 12.5. The second-order valence-electron chi connectivity index (χ2n) is 3.95. The molecule has 0 aliphatic heterocycles. The van der Waals surface area contributed by atoms with Crippen molar-refractivity contribution in [1.29, 1.82) is 0 Å². The van der Waals surface area contributed by atoms with Crippen molar-refractivity contribution in [2.24, 2.45) is 0 Å². The molecule has 4 nitrogen and oxygen atoms in total. The Bertz CT molecular complexity index is 633. The summed E-state index contributed by atoms with van der Waals surface area (Å²) in [5.41, 5.74) is -0.870. The molecule has 1 atom stereocenters. The van der Waals surface area contributed by atoms with Gasteiger partial charge < -0.3 is 5.11 Å². The molecular weight excluding hydrogens is 330 g/mol. The van der Waals surface area contributed by atoms with Crippen LogP contribution in [0.25, 0.3) is 0 Å². The second-order valence-corrected chi connectivity index (χ2v) is 5.27. The van der Waals surface area contributed by atoms with Crippen molar-refractivity contribution in [3.63, 3.8) is 0 Å². The third-order valence-corrected chi connectivity index (χ3v) is 3.39. The van der Waals surface area contributed by atoms with Gasteiger partial charge in [-0.25, -0.2) is 4.98 Å². The van der Waals surface area contributed by atoms with Crippen LogP contribution in [0.5, 0.6) is 0 Å². The molecule has 2 rings (SSSR count). The first-order valence-electron chi connectivity index (χ1n) is 5.51. The fourth-order valence-corrected chi connectivity index (χ4v) is 2.62. The van der Waals surface area contributed by atoms with E-state index in [4.69, 9.17) is 11.6 Å². The van der Waals surface area contributed by atoms with Gasteiger partial charge in [-0.2, -0.15) is 5.10 Å². The van der Waals surface area contributed by atoms with Crippen molar-refractivity contribution in [3.8, 4) is 11.8 Å². The Labute approximate surface area is 124 Å². The van der Waals surface area contributed by atoms with Gasteiger partial charge in [-0.05, 0) is 19.1 Å². The summed E-state index contributed by atoms with van der Waals surface area (Å²) in [4.78, 5) is 4.01. The van der Waals surface area contributed by atoms with E-state index in [9.17, 15) is 5.11 Å². The molecule has 0 aliphatic rings. The summed E-state index contributed by atoms with van der Waals surface area (Å²) in [5, 5.41) is 17.7. The van der Waals surface area contributed by atoms with Crippen LogP contribution in [0.15, 0.2) is 29.0 Å². The Hall–Kier alpha value is -1.35. The maximum Gasteiger partial charge on any atom is 0.159 e. The Morgan fingerprint density at radius 3 is 2.89 bits per heavy atom. The molecular formula is C13H11BrClN3O. The molecule has 0 amide bonds. The first-order valence-corrected chi connectivity index (χ1v) is 6.69. The van der Waals surface area contributed by atoms with E-state index in [0.717, 1.165) is 4.47 Å². The summed E-state index contributed by atoms with van der Waals surface area (Å²) in [5.74, 6) is 5.99. The Balaban J connectivity index is 2.45. The van der Waals surface area contributed by atoms with Crippen LogP contribution in [0, 0.1) is 11.8 Å². The lowest BCUT2D eigenvalue weighted by Crippen LogP contribution is -2.27. The number of nitrogens with zero attached hydrogens (tertiary/aromatic N) is 2. The van der Waals surface area contributed by atoms with E-state index in [-0.39, 0.29) is 6.42 Å². The number of H-pyrrole nitrogens is 1. The monoisotopic (exact) mass is 339 g/mol. The van der Waals surface area contributed by atoms with E-state index < -0.39 is 5.60 Å². The number of benzene rings is 1. The molecule has 0 spiro atoms. The van der Waals surface area contributed by atoms with E-state index in [0.29, 0.717) is 16.4 Å². The number of nitrogens with one attached hydrogen (secondary N) is 1. The van der Waals surface area contributed by atoms with Crippen LogP contribution in [0.3, 0.4) is 0 Å². The number of hydrogen-bond acceptors (Lipinski definition) is 3. The van der Waals surface area contributed by atoms with E-state index in [1.165, 1.54) is 6.33 Å². The lowest BCUT2D eigenvalue weighted by molar-refractivity contribution is 0.0984. The first kappa shape index (κ1) is 14.1. The molecule has 2 aromatic rings. The van der Waals surface area contributed by atoms with Crippen LogP contribution >= 0.6 is 27.5 Å². The fraction of sp³-hybridized carbons (Fsp3) is 0.231. The zero-order chi connectivity index (χ0) is 13.9. The second kappa shape index (κ2) is 5.74. The SMILES string of the molecule is CC#CC(O)(Cc1nc[nH]n1)c1ccc(Br)cc1Cl. The first-order chi connectivity index (χ1) is 9.05. The molecule has 1 aromatic heterocycles. The van der Waals surface area contributed by atoms with Crippen molar-refractivity contribution in [3.05, 3.63) is 45.4 Å². The van der Waals surface area contributed by atoms with Gasteiger partial charge in [0.1, 0.15) is 6.33 Å². The predicted octanol–water partition coefficient (Wildman–Crippen LogP) is 2.67. The third-order valence-electron chi connectivity index (χ3n) is 2.59. The molecule has 0 saturated carbocycles. The molecule has 0 bridgehead atoms. The summed E-state index contributed by atoms with van der Waals surface area (Å²) in [7, 11) is 0. The van der Waals surface area contributed by atoms with Gasteiger partial charge in [-0.1, -0.05) is 39.5 Å². The maximum absolute atomic E-state index is 10.8. The van der Waals surface area contributed by atoms with Gasteiger partial charge in [0.25, 0.3) is 0 Å². The van der Waals surface area contributed by atoms with E-state index >= 15 is 0 Å². The van der Waals surface area contributed by atoms with Crippen molar-refractivity contribution in [1.82, 2.24) is 15.2 Å². The lowest BCUT2D eigenvalue weighted by Gasteiger charge is -2.22. The van der Waals surface area contributed by atoms with Crippen LogP contribution in [0.4, 0.5) is 0 Å². The molecule has 98 valence electrons. The minimum Gasteiger partial charge on any atom is -0.373 e. The van der Waals surface area contributed by atoms with Gasteiger partial charge in [-0.15, -0.1) is 5.92 Å². The molecule has 0 aliphatic carbocycles. The largest absolute Gasteiger partial charge is 0.373 e. The van der Waals surface area contributed by atoms with Crippen molar-refractivity contribution < 1.29 is 5.11 Å². The number of hydrogen-bond donors (Lipinski definition) is 2. The molecule has 0 radical (unpaired) electrons. The Morgan fingerprint density at radius 1 is 1.53 bits per heavy atom. The van der Waals surface area contributed by atoms with Crippen LogP contribution < -0.4 is 0 Å². The summed E-state index contributed by atoms with van der Waals surface area (Å²) in [6.45, 7) is 1.66. The zero-order valence-electron chi connectivity index (χ0n) is 10.1. The Morgan fingerprint density at radius 2 is 2.32 bits per heavy atom. The Kier molecular flexibility index (Phi) is 4.25. The van der Waals surface area contributed by atoms with Gasteiger partial charge in [0.15, 0.2) is 11.4 Å². The highest BCUT2D eigenvalue weighted by Gasteiger charge is 2.31. The van der Waals surface area contributed by atoms with E-state index in [1.54, 1.807) is 19.1 Å². The van der Waals surface area contributed by atoms with E-state index in [2.05, 4.69) is 43.0 Å². The summed E-state index contributed by atoms with van der Waals surface area (Å²) >= 11 is 9.51. The summed E-state index contributed by atoms with van der Waals surface area (Å²) < 4.78 is 0.839. The van der Waals surface area contributed by atoms with Crippen LogP contribution in [0.2, 0.25) is 5.02 Å². The van der Waals surface area contributed by atoms with Gasteiger partial charge in [0.05, 0.1) is 6.42 Å². The maximum atomic E-state index is 10.8. The lowest BCUT2D eigenvalue weighted by atomic mass is 9.90. The summed E-state index contributed by atoms with van der Waals surface area (Å²) in [6.07, 6.45) is 1.62. The van der Waals surface area contributed by atoms with Crippen LogP contribution in [-0.4, -0.2) is 20.3 Å². The summed E-state index contributed by atoms with van der Waals surface area (Å²) in [6, 6.07) is 5.27. The minimum absolute atomic E-state index is 0.165. The molecule has 1 unspecified atom stereocenters. The number of aliphatic hydroxyl groups is 1. The number of rotatable bonds is 3. The van der Waals surface area contributed by atoms with Crippen molar-refractivity contribution >= 4 is 27.5 Å². The topological polar surface area (TPSA) is 61.8 Å².